The smallest absolute Gasteiger partial charge is 0.141 e. The third kappa shape index (κ3) is 2.42. The molecule has 0 radical (unpaired) electrons. The predicted molar refractivity (Wildman–Crippen MR) is 75.4 cm³/mol. The van der Waals surface area contributed by atoms with Crippen molar-refractivity contribution in [3.05, 3.63) is 34.6 Å². The Labute approximate surface area is 115 Å². The van der Waals surface area contributed by atoms with Crippen LogP contribution in [0.3, 0.4) is 0 Å². The summed E-state index contributed by atoms with van der Waals surface area (Å²) in [4.78, 5) is 4.49. The molecule has 2 rings (SSSR count). The van der Waals surface area contributed by atoms with E-state index in [0.29, 0.717) is 13.2 Å². The lowest BCUT2D eigenvalue weighted by Crippen LogP contribution is -2.04. The lowest BCUT2D eigenvalue weighted by Gasteiger charge is -2.06. The van der Waals surface area contributed by atoms with Crippen molar-refractivity contribution in [3.63, 3.8) is 0 Å². The fraction of sp³-hybridized carbons (Fsp3) is 0.308. The second-order valence-corrected chi connectivity index (χ2v) is 4.64. The van der Waals surface area contributed by atoms with E-state index < -0.39 is 0 Å². The minimum absolute atomic E-state index is 0.459. The average molecular weight is 310 g/mol. The van der Waals surface area contributed by atoms with Crippen LogP contribution in [-0.4, -0.2) is 16.2 Å². The highest BCUT2D eigenvalue weighted by Gasteiger charge is 2.12. The Balaban J connectivity index is 2.36. The van der Waals surface area contributed by atoms with Crippen molar-refractivity contribution in [1.82, 2.24) is 9.55 Å². The highest BCUT2D eigenvalue weighted by Crippen LogP contribution is 2.26. The fourth-order valence-electron chi connectivity index (χ4n) is 1.84. The van der Waals surface area contributed by atoms with Gasteiger partial charge in [0.15, 0.2) is 0 Å². The van der Waals surface area contributed by atoms with Gasteiger partial charge in [0.1, 0.15) is 16.2 Å². The number of aromatic nitrogens is 2. The first-order valence-electron chi connectivity index (χ1n) is 5.81. The number of nitrogens with zero attached hydrogens (tertiary/aromatic N) is 2. The Hall–Kier alpha value is -1.33. The Bertz CT molecular complexity index is 534. The van der Waals surface area contributed by atoms with Crippen LogP contribution < -0.4 is 10.5 Å². The molecule has 0 aliphatic carbocycles. The summed E-state index contributed by atoms with van der Waals surface area (Å²) < 4.78 is 8.22. The van der Waals surface area contributed by atoms with Crippen molar-refractivity contribution in [2.75, 3.05) is 6.61 Å². The van der Waals surface area contributed by atoms with Gasteiger partial charge in [-0.1, -0.05) is 0 Å². The topological polar surface area (TPSA) is 53.1 Å². The van der Waals surface area contributed by atoms with Crippen LogP contribution in [0.5, 0.6) is 5.75 Å². The lowest BCUT2D eigenvalue weighted by atomic mass is 10.2. The molecule has 5 heteroatoms. The van der Waals surface area contributed by atoms with Crippen molar-refractivity contribution in [1.29, 1.82) is 0 Å². The van der Waals surface area contributed by atoms with Crippen LogP contribution in [0.25, 0.3) is 11.4 Å². The average Bonchev–Trinajstić information content (AvgIpc) is 2.66. The van der Waals surface area contributed by atoms with Crippen LogP contribution in [0.1, 0.15) is 12.6 Å². The van der Waals surface area contributed by atoms with Crippen LogP contribution in [-0.2, 0) is 13.6 Å². The number of rotatable bonds is 4. The SMILES string of the molecule is CCOc1ccc(-c2nc(Br)c(CN)n2C)cc1. The molecule has 0 fully saturated rings. The molecule has 0 aliphatic heterocycles. The monoisotopic (exact) mass is 309 g/mol. The van der Waals surface area contributed by atoms with E-state index in [1.54, 1.807) is 0 Å². The second-order valence-electron chi connectivity index (χ2n) is 3.89. The first-order valence-corrected chi connectivity index (χ1v) is 6.61. The molecule has 1 heterocycles. The van der Waals surface area contributed by atoms with Crippen LogP contribution in [0.15, 0.2) is 28.9 Å². The van der Waals surface area contributed by atoms with Gasteiger partial charge in [-0.3, -0.25) is 0 Å². The number of nitrogens with two attached hydrogens (primary N) is 1. The highest BCUT2D eigenvalue weighted by molar-refractivity contribution is 9.10. The van der Waals surface area contributed by atoms with E-state index >= 15 is 0 Å². The molecule has 0 amide bonds. The van der Waals surface area contributed by atoms with E-state index in [1.807, 2.05) is 42.8 Å². The number of ether oxygens (including phenoxy) is 1. The summed E-state index contributed by atoms with van der Waals surface area (Å²) >= 11 is 3.43. The third-order valence-electron chi connectivity index (χ3n) is 2.78. The molecule has 0 saturated heterocycles. The second kappa shape index (κ2) is 5.54. The highest BCUT2D eigenvalue weighted by atomic mass is 79.9. The quantitative estimate of drug-likeness (QED) is 0.944. The molecule has 0 spiro atoms. The van der Waals surface area contributed by atoms with Crippen molar-refractivity contribution in [2.45, 2.75) is 13.5 Å². The Morgan fingerprint density at radius 3 is 2.50 bits per heavy atom. The zero-order valence-corrected chi connectivity index (χ0v) is 12.1. The first-order chi connectivity index (χ1) is 8.67. The minimum atomic E-state index is 0.459. The molecule has 4 nitrogen and oxygen atoms in total. The number of hydrogen-bond donors (Lipinski definition) is 1. The molecule has 2 aromatic rings. The van der Waals surface area contributed by atoms with Gasteiger partial charge in [-0.05, 0) is 47.1 Å². The van der Waals surface area contributed by atoms with Gasteiger partial charge in [-0.25, -0.2) is 4.98 Å². The van der Waals surface area contributed by atoms with E-state index in [-0.39, 0.29) is 0 Å². The van der Waals surface area contributed by atoms with Crippen molar-refractivity contribution < 1.29 is 4.74 Å². The van der Waals surface area contributed by atoms with Gasteiger partial charge in [-0.15, -0.1) is 0 Å². The number of benzene rings is 1. The molecule has 0 saturated carbocycles. The molecule has 0 atom stereocenters. The van der Waals surface area contributed by atoms with Crippen LogP contribution in [0, 0.1) is 0 Å². The Morgan fingerprint density at radius 2 is 2.00 bits per heavy atom. The molecule has 18 heavy (non-hydrogen) atoms. The predicted octanol–water partition coefficient (Wildman–Crippen LogP) is 2.71. The summed E-state index contributed by atoms with van der Waals surface area (Å²) in [6, 6.07) is 7.90. The van der Waals surface area contributed by atoms with Crippen molar-refractivity contribution in [3.8, 4) is 17.1 Å². The van der Waals surface area contributed by atoms with Crippen molar-refractivity contribution in [2.24, 2.45) is 12.8 Å². The lowest BCUT2D eigenvalue weighted by molar-refractivity contribution is 0.340. The summed E-state index contributed by atoms with van der Waals surface area (Å²) in [5.41, 5.74) is 7.72. The molecule has 0 unspecified atom stereocenters. The molecule has 0 aliphatic rings. The molecular weight excluding hydrogens is 294 g/mol. The van der Waals surface area contributed by atoms with E-state index in [9.17, 15) is 0 Å². The first kappa shape index (κ1) is 13.1. The summed E-state index contributed by atoms with van der Waals surface area (Å²) in [5.74, 6) is 1.76. The summed E-state index contributed by atoms with van der Waals surface area (Å²) in [5, 5.41) is 0. The van der Waals surface area contributed by atoms with Crippen molar-refractivity contribution >= 4 is 15.9 Å². The maximum Gasteiger partial charge on any atom is 0.141 e. The molecule has 1 aromatic heterocycles. The molecule has 96 valence electrons. The van der Waals surface area contributed by atoms with Crippen LogP contribution in [0.2, 0.25) is 0 Å². The van der Waals surface area contributed by atoms with E-state index in [4.69, 9.17) is 10.5 Å². The number of imidazole rings is 1. The van der Waals surface area contributed by atoms with Gasteiger partial charge >= 0.3 is 0 Å². The molecular formula is C13H16BrN3O. The zero-order chi connectivity index (χ0) is 13.1. The van der Waals surface area contributed by atoms with E-state index in [0.717, 1.165) is 27.4 Å². The number of halogens is 1. The van der Waals surface area contributed by atoms with Crippen LogP contribution in [0.4, 0.5) is 0 Å². The maximum absolute atomic E-state index is 5.70. The largest absolute Gasteiger partial charge is 0.494 e. The van der Waals surface area contributed by atoms with Crippen LogP contribution >= 0.6 is 15.9 Å². The third-order valence-corrected chi connectivity index (χ3v) is 3.42. The summed E-state index contributed by atoms with van der Waals surface area (Å²) in [6.45, 7) is 3.10. The van der Waals surface area contributed by atoms with Gasteiger partial charge in [-0.2, -0.15) is 0 Å². The normalized spacial score (nSPS) is 10.7. The molecule has 1 aromatic carbocycles. The zero-order valence-electron chi connectivity index (χ0n) is 10.5. The minimum Gasteiger partial charge on any atom is -0.494 e. The van der Waals surface area contributed by atoms with Gasteiger partial charge in [0.25, 0.3) is 0 Å². The van der Waals surface area contributed by atoms with Gasteiger partial charge in [0.05, 0.1) is 12.3 Å². The summed E-state index contributed by atoms with van der Waals surface area (Å²) in [6.07, 6.45) is 0. The molecule has 0 bridgehead atoms. The van der Waals surface area contributed by atoms with E-state index in [2.05, 4.69) is 20.9 Å². The standard InChI is InChI=1S/C13H16BrN3O/c1-3-18-10-6-4-9(5-7-10)13-16-12(14)11(8-15)17(13)2/h4-7H,3,8,15H2,1-2H3. The Kier molecular flexibility index (Phi) is 4.04. The molecule has 2 N–H and O–H groups in total. The maximum atomic E-state index is 5.70. The van der Waals surface area contributed by atoms with Gasteiger partial charge in [0, 0.05) is 19.2 Å². The van der Waals surface area contributed by atoms with E-state index in [1.165, 1.54) is 0 Å². The summed E-state index contributed by atoms with van der Waals surface area (Å²) in [7, 11) is 1.96. The van der Waals surface area contributed by atoms with Gasteiger partial charge in [0.2, 0.25) is 0 Å². The number of hydrogen-bond acceptors (Lipinski definition) is 3. The Morgan fingerprint density at radius 1 is 1.33 bits per heavy atom. The fourth-order valence-corrected chi connectivity index (χ4v) is 2.44. The van der Waals surface area contributed by atoms with Gasteiger partial charge < -0.3 is 15.0 Å².